The molecule has 26 heavy (non-hydrogen) atoms. The van der Waals surface area contributed by atoms with Crippen molar-refractivity contribution < 1.29 is 9.90 Å². The zero-order valence-electron chi connectivity index (χ0n) is 15.4. The largest absolute Gasteiger partial charge is 0.480 e. The molecule has 1 aliphatic heterocycles. The number of aryl methyl sites for hydroxylation is 4. The third-order valence-corrected chi connectivity index (χ3v) is 4.83. The molecule has 138 valence electrons. The molecule has 1 saturated heterocycles. The van der Waals surface area contributed by atoms with Gasteiger partial charge in [0.15, 0.2) is 6.04 Å². The van der Waals surface area contributed by atoms with E-state index < -0.39 is 12.0 Å². The van der Waals surface area contributed by atoms with Crippen LogP contribution in [0.1, 0.15) is 22.3 Å². The molecule has 0 bridgehead atoms. The van der Waals surface area contributed by atoms with Gasteiger partial charge in [-0.1, -0.05) is 36.4 Å². The van der Waals surface area contributed by atoms with Crippen molar-refractivity contribution in [2.24, 2.45) is 0 Å². The van der Waals surface area contributed by atoms with Crippen LogP contribution < -0.4 is 9.80 Å². The van der Waals surface area contributed by atoms with Crippen molar-refractivity contribution in [1.82, 2.24) is 0 Å². The third kappa shape index (κ3) is 3.15. The molecule has 2 N–H and O–H groups in total. The zero-order valence-corrected chi connectivity index (χ0v) is 16.2. The van der Waals surface area contributed by atoms with Crippen LogP contribution in [0.4, 0.5) is 11.4 Å². The second kappa shape index (κ2) is 7.38. The van der Waals surface area contributed by atoms with Crippen LogP contribution in [0, 0.1) is 33.1 Å². The number of aliphatic carboxylic acids is 1. The molecule has 0 aromatic heterocycles. The smallest absolute Gasteiger partial charge is 0.328 e. The number of guanidine groups is 1. The van der Waals surface area contributed by atoms with E-state index in [4.69, 9.17) is 5.41 Å². The maximum absolute atomic E-state index is 11.9. The van der Waals surface area contributed by atoms with E-state index in [1.807, 2.05) is 69.0 Å². The molecular weight excluding hydrogens is 350 g/mol. The Bertz CT molecular complexity index is 826. The first-order valence-corrected chi connectivity index (χ1v) is 8.33. The molecule has 6 heteroatoms. The number of nitrogens with one attached hydrogen (secondary N) is 1. The second-order valence-electron chi connectivity index (χ2n) is 6.64. The molecule has 0 radical (unpaired) electrons. The van der Waals surface area contributed by atoms with E-state index in [0.717, 1.165) is 33.6 Å². The van der Waals surface area contributed by atoms with E-state index in [-0.39, 0.29) is 24.9 Å². The Morgan fingerprint density at radius 3 is 1.81 bits per heavy atom. The molecule has 3 rings (SSSR count). The van der Waals surface area contributed by atoms with Gasteiger partial charge < -0.3 is 10.0 Å². The summed E-state index contributed by atoms with van der Waals surface area (Å²) >= 11 is 0. The summed E-state index contributed by atoms with van der Waals surface area (Å²) < 4.78 is 0. The summed E-state index contributed by atoms with van der Waals surface area (Å²) in [5.41, 5.74) is 5.76. The maximum Gasteiger partial charge on any atom is 0.328 e. The van der Waals surface area contributed by atoms with Gasteiger partial charge in [0.05, 0.1) is 12.2 Å². The Labute approximate surface area is 160 Å². The van der Waals surface area contributed by atoms with Crippen LogP contribution in [0.25, 0.3) is 0 Å². The number of nitrogens with zero attached hydrogens (tertiary/aromatic N) is 2. The van der Waals surface area contributed by atoms with Gasteiger partial charge >= 0.3 is 5.97 Å². The zero-order chi connectivity index (χ0) is 18.3. The van der Waals surface area contributed by atoms with Gasteiger partial charge in [0.25, 0.3) is 0 Å². The summed E-state index contributed by atoms with van der Waals surface area (Å²) in [4.78, 5) is 15.4. The number of hydrogen-bond acceptors (Lipinski definition) is 2. The molecule has 1 fully saturated rings. The lowest BCUT2D eigenvalue weighted by atomic mass is 10.1. The first-order chi connectivity index (χ1) is 11.8. The number of carbonyl (C=O) groups is 1. The number of hydrogen-bond donors (Lipinski definition) is 2. The Balaban J connectivity index is 0.00000243. The molecule has 0 saturated carbocycles. The van der Waals surface area contributed by atoms with Crippen molar-refractivity contribution in [2.75, 3.05) is 16.3 Å². The van der Waals surface area contributed by atoms with Crippen LogP contribution in [0.15, 0.2) is 36.4 Å². The van der Waals surface area contributed by atoms with Crippen molar-refractivity contribution in [3.63, 3.8) is 0 Å². The van der Waals surface area contributed by atoms with E-state index >= 15 is 0 Å². The summed E-state index contributed by atoms with van der Waals surface area (Å²) in [7, 11) is 0. The van der Waals surface area contributed by atoms with Crippen molar-refractivity contribution in [3.8, 4) is 0 Å². The summed E-state index contributed by atoms with van der Waals surface area (Å²) in [5.74, 6) is -0.705. The first kappa shape index (κ1) is 19.8. The summed E-state index contributed by atoms with van der Waals surface area (Å²) in [6.07, 6.45) is 0. The lowest BCUT2D eigenvalue weighted by Crippen LogP contribution is -2.41. The SMILES string of the molecule is Cc1cccc(C)c1N1CC(C(=O)O)N(c2c(C)cccc2C)C1=N.Cl. The van der Waals surface area contributed by atoms with Gasteiger partial charge in [0.2, 0.25) is 5.96 Å². The van der Waals surface area contributed by atoms with E-state index in [0.29, 0.717) is 0 Å². The Kier molecular flexibility index (Phi) is 5.62. The van der Waals surface area contributed by atoms with Crippen molar-refractivity contribution in [1.29, 1.82) is 5.41 Å². The van der Waals surface area contributed by atoms with Crippen LogP contribution in [-0.4, -0.2) is 29.6 Å². The predicted molar refractivity (Wildman–Crippen MR) is 108 cm³/mol. The average molecular weight is 374 g/mol. The lowest BCUT2D eigenvalue weighted by molar-refractivity contribution is -0.137. The van der Waals surface area contributed by atoms with Gasteiger partial charge in [-0.3, -0.25) is 10.3 Å². The van der Waals surface area contributed by atoms with Crippen molar-refractivity contribution in [2.45, 2.75) is 33.7 Å². The van der Waals surface area contributed by atoms with E-state index in [1.54, 1.807) is 4.90 Å². The summed E-state index contributed by atoms with van der Waals surface area (Å²) in [5, 5.41) is 18.5. The fraction of sp³-hybridized carbons (Fsp3) is 0.300. The number of carboxylic acid groups (broad SMARTS) is 1. The van der Waals surface area contributed by atoms with E-state index in [1.165, 1.54) is 0 Å². The monoisotopic (exact) mass is 373 g/mol. The second-order valence-corrected chi connectivity index (χ2v) is 6.64. The molecular formula is C20H24ClN3O2. The molecule has 0 spiro atoms. The Morgan fingerprint density at radius 1 is 0.962 bits per heavy atom. The molecule has 2 aromatic rings. The van der Waals surface area contributed by atoms with Crippen molar-refractivity contribution in [3.05, 3.63) is 58.7 Å². The molecule has 2 aromatic carbocycles. The minimum Gasteiger partial charge on any atom is -0.480 e. The average Bonchev–Trinajstić information content (AvgIpc) is 2.85. The molecule has 1 aliphatic rings. The number of para-hydroxylation sites is 2. The van der Waals surface area contributed by atoms with Gasteiger partial charge in [0.1, 0.15) is 0 Å². The molecule has 5 nitrogen and oxygen atoms in total. The highest BCUT2D eigenvalue weighted by Gasteiger charge is 2.42. The van der Waals surface area contributed by atoms with Crippen molar-refractivity contribution >= 4 is 35.7 Å². The highest BCUT2D eigenvalue weighted by molar-refractivity contribution is 6.13. The summed E-state index contributed by atoms with van der Waals surface area (Å²) in [6, 6.07) is 11.0. The molecule has 0 amide bonds. The first-order valence-electron chi connectivity index (χ1n) is 8.33. The number of carboxylic acids is 1. The van der Waals surface area contributed by atoms with Crippen LogP contribution in [0.2, 0.25) is 0 Å². The highest BCUT2D eigenvalue weighted by atomic mass is 35.5. The van der Waals surface area contributed by atoms with Gasteiger partial charge in [-0.2, -0.15) is 0 Å². The Morgan fingerprint density at radius 2 is 1.38 bits per heavy atom. The summed E-state index contributed by atoms with van der Waals surface area (Å²) in [6.45, 7) is 8.15. The highest BCUT2D eigenvalue weighted by Crippen LogP contribution is 2.35. The minimum atomic E-state index is -0.916. The number of halogens is 1. The topological polar surface area (TPSA) is 67.6 Å². The third-order valence-electron chi connectivity index (χ3n) is 4.83. The molecule has 1 unspecified atom stereocenters. The number of anilines is 2. The fourth-order valence-corrected chi connectivity index (χ4v) is 3.68. The molecule has 0 aliphatic carbocycles. The lowest BCUT2D eigenvalue weighted by Gasteiger charge is -2.27. The standard InChI is InChI=1S/C20H23N3O2.ClH/c1-12-7-5-8-13(2)17(12)22-11-16(19(24)25)23(20(22)21)18-14(3)9-6-10-15(18)4;/h5-10,16,21H,11H2,1-4H3,(H,24,25);1H. The van der Waals surface area contributed by atoms with E-state index in [9.17, 15) is 9.90 Å². The number of rotatable bonds is 3. The fourth-order valence-electron chi connectivity index (χ4n) is 3.68. The molecule has 1 atom stereocenters. The van der Waals surface area contributed by atoms with Crippen LogP contribution in [-0.2, 0) is 4.79 Å². The van der Waals surface area contributed by atoms with Crippen LogP contribution >= 0.6 is 12.4 Å². The maximum atomic E-state index is 11.9. The predicted octanol–water partition coefficient (Wildman–Crippen LogP) is 4.06. The minimum absolute atomic E-state index is 0. The van der Waals surface area contributed by atoms with Gasteiger partial charge in [-0.05, 0) is 49.9 Å². The van der Waals surface area contributed by atoms with Gasteiger partial charge in [-0.25, -0.2) is 4.79 Å². The number of benzene rings is 2. The molecule has 1 heterocycles. The van der Waals surface area contributed by atoms with Gasteiger partial charge in [0, 0.05) is 5.69 Å². The Hall–Kier alpha value is -2.53. The van der Waals surface area contributed by atoms with Gasteiger partial charge in [-0.15, -0.1) is 12.4 Å². The van der Waals surface area contributed by atoms with E-state index in [2.05, 4.69) is 0 Å². The van der Waals surface area contributed by atoms with Crippen LogP contribution in [0.3, 0.4) is 0 Å². The quantitative estimate of drug-likeness (QED) is 0.851. The normalized spacial score (nSPS) is 16.6. The van der Waals surface area contributed by atoms with Crippen LogP contribution in [0.5, 0.6) is 0 Å².